The van der Waals surface area contributed by atoms with Crippen LogP contribution in [0.15, 0.2) is 58.8 Å². The van der Waals surface area contributed by atoms with Gasteiger partial charge in [0.1, 0.15) is 5.56 Å². The summed E-state index contributed by atoms with van der Waals surface area (Å²) < 4.78 is 1.51. The third-order valence-corrected chi connectivity index (χ3v) is 5.73. The van der Waals surface area contributed by atoms with Crippen molar-refractivity contribution in [1.82, 2.24) is 9.38 Å². The Kier molecular flexibility index (Phi) is 4.57. The first-order chi connectivity index (χ1) is 13.5. The van der Waals surface area contributed by atoms with Crippen molar-refractivity contribution in [3.63, 3.8) is 0 Å². The monoisotopic (exact) mass is 389 g/mol. The molecule has 0 saturated heterocycles. The highest BCUT2D eigenvalue weighted by molar-refractivity contribution is 7.15. The third-order valence-electron chi connectivity index (χ3n) is 4.89. The van der Waals surface area contributed by atoms with Gasteiger partial charge in [0.15, 0.2) is 4.96 Å². The Morgan fingerprint density at radius 1 is 1.07 bits per heavy atom. The molecule has 6 heteroatoms. The first-order valence-corrected chi connectivity index (χ1v) is 9.77. The Morgan fingerprint density at radius 2 is 1.82 bits per heavy atom. The van der Waals surface area contributed by atoms with Crippen molar-refractivity contribution in [3.8, 4) is 11.3 Å². The number of benzene rings is 2. The van der Waals surface area contributed by atoms with E-state index in [-0.39, 0.29) is 11.1 Å². The zero-order valence-electron chi connectivity index (χ0n) is 15.8. The fourth-order valence-electron chi connectivity index (χ4n) is 3.05. The summed E-state index contributed by atoms with van der Waals surface area (Å²) >= 11 is 1.38. The maximum atomic E-state index is 13.1. The molecule has 28 heavy (non-hydrogen) atoms. The molecule has 4 aromatic rings. The minimum atomic E-state index is -0.457. The highest BCUT2D eigenvalue weighted by Crippen LogP contribution is 2.24. The van der Waals surface area contributed by atoms with Gasteiger partial charge in [0.2, 0.25) is 0 Å². The van der Waals surface area contributed by atoms with Crippen LogP contribution in [0, 0.1) is 20.8 Å². The van der Waals surface area contributed by atoms with Crippen molar-refractivity contribution >= 4 is 27.9 Å². The molecule has 0 fully saturated rings. The number of hydrogen-bond acceptors (Lipinski definition) is 4. The third kappa shape index (κ3) is 3.12. The number of carbonyl (C=O) groups is 1. The minimum Gasteiger partial charge on any atom is -0.322 e. The molecule has 1 N–H and O–H groups in total. The predicted molar refractivity (Wildman–Crippen MR) is 113 cm³/mol. The summed E-state index contributed by atoms with van der Waals surface area (Å²) in [5.74, 6) is -0.457. The van der Waals surface area contributed by atoms with Crippen molar-refractivity contribution < 1.29 is 4.79 Å². The van der Waals surface area contributed by atoms with Gasteiger partial charge in [0.05, 0.1) is 5.69 Å². The maximum absolute atomic E-state index is 13.1. The summed E-state index contributed by atoms with van der Waals surface area (Å²) in [4.78, 5) is 30.8. The number of anilines is 1. The lowest BCUT2D eigenvalue weighted by Gasteiger charge is -2.10. The van der Waals surface area contributed by atoms with Gasteiger partial charge in [-0.25, -0.2) is 4.98 Å². The Labute approximate surface area is 166 Å². The Hall–Kier alpha value is -3.25. The van der Waals surface area contributed by atoms with E-state index in [0.29, 0.717) is 10.6 Å². The first-order valence-electron chi connectivity index (χ1n) is 8.89. The van der Waals surface area contributed by atoms with E-state index in [0.717, 1.165) is 27.9 Å². The first kappa shape index (κ1) is 18.1. The molecule has 2 heterocycles. The lowest BCUT2D eigenvalue weighted by molar-refractivity contribution is 0.102. The van der Waals surface area contributed by atoms with Gasteiger partial charge in [-0.2, -0.15) is 0 Å². The van der Waals surface area contributed by atoms with Crippen LogP contribution >= 0.6 is 11.3 Å². The van der Waals surface area contributed by atoms with Crippen molar-refractivity contribution in [1.29, 1.82) is 0 Å². The van der Waals surface area contributed by atoms with Crippen molar-refractivity contribution in [2.24, 2.45) is 0 Å². The van der Waals surface area contributed by atoms with Gasteiger partial charge in [-0.05, 0) is 43.5 Å². The van der Waals surface area contributed by atoms with Crippen LogP contribution in [0.2, 0.25) is 0 Å². The number of nitrogens with zero attached hydrogens (tertiary/aromatic N) is 2. The second-order valence-electron chi connectivity index (χ2n) is 6.78. The summed E-state index contributed by atoms with van der Waals surface area (Å²) in [6.07, 6.45) is 1.35. The maximum Gasteiger partial charge on any atom is 0.271 e. The van der Waals surface area contributed by atoms with Gasteiger partial charge in [-0.1, -0.05) is 42.0 Å². The van der Waals surface area contributed by atoms with Crippen molar-refractivity contribution in [3.05, 3.63) is 86.6 Å². The van der Waals surface area contributed by atoms with Gasteiger partial charge in [-0.15, -0.1) is 11.3 Å². The molecular weight excluding hydrogens is 370 g/mol. The molecule has 0 radical (unpaired) electrons. The second-order valence-corrected chi connectivity index (χ2v) is 7.62. The van der Waals surface area contributed by atoms with E-state index < -0.39 is 5.91 Å². The molecule has 0 bridgehead atoms. The van der Waals surface area contributed by atoms with E-state index in [9.17, 15) is 9.59 Å². The predicted octanol–water partition coefficient (Wildman–Crippen LogP) is 4.60. The number of carbonyl (C=O) groups excluding carboxylic acids is 1. The minimum absolute atomic E-state index is 0.0187. The van der Waals surface area contributed by atoms with E-state index in [1.165, 1.54) is 21.9 Å². The summed E-state index contributed by atoms with van der Waals surface area (Å²) in [7, 11) is 0. The van der Waals surface area contributed by atoms with Gasteiger partial charge >= 0.3 is 0 Å². The topological polar surface area (TPSA) is 63.5 Å². The quantitative estimate of drug-likeness (QED) is 0.557. The Bertz CT molecular complexity index is 1250. The molecule has 140 valence electrons. The highest BCUT2D eigenvalue weighted by Gasteiger charge is 2.18. The lowest BCUT2D eigenvalue weighted by Crippen LogP contribution is -2.26. The summed E-state index contributed by atoms with van der Waals surface area (Å²) in [5, 5.41) is 4.73. The Morgan fingerprint density at radius 3 is 2.57 bits per heavy atom. The number of hydrogen-bond donors (Lipinski definition) is 1. The molecule has 0 atom stereocenters. The normalized spacial score (nSPS) is 11.0. The Balaban J connectivity index is 1.78. The number of aryl methyl sites for hydroxylation is 2. The van der Waals surface area contributed by atoms with Crippen molar-refractivity contribution in [2.45, 2.75) is 20.8 Å². The van der Waals surface area contributed by atoms with Crippen LogP contribution in [0.1, 0.15) is 27.0 Å². The van der Waals surface area contributed by atoms with Crippen molar-refractivity contribution in [2.75, 3.05) is 5.32 Å². The van der Waals surface area contributed by atoms with Gasteiger partial charge in [0.25, 0.3) is 11.5 Å². The molecule has 0 aliphatic heterocycles. The molecule has 0 spiro atoms. The average molecular weight is 389 g/mol. The van der Waals surface area contributed by atoms with Crippen LogP contribution in [0.5, 0.6) is 0 Å². The number of rotatable bonds is 3. The molecule has 1 amide bonds. The second kappa shape index (κ2) is 7.05. The van der Waals surface area contributed by atoms with Gasteiger partial charge in [-0.3, -0.25) is 14.0 Å². The van der Waals surface area contributed by atoms with E-state index >= 15 is 0 Å². The van der Waals surface area contributed by atoms with Crippen LogP contribution in [-0.4, -0.2) is 15.3 Å². The molecule has 0 saturated carbocycles. The van der Waals surface area contributed by atoms with Crippen LogP contribution in [0.25, 0.3) is 16.2 Å². The number of aromatic nitrogens is 2. The molecule has 4 rings (SSSR count). The summed E-state index contributed by atoms with van der Waals surface area (Å²) in [5.41, 5.74) is 5.17. The number of amides is 1. The van der Waals surface area contributed by atoms with E-state index in [1.54, 1.807) is 0 Å². The fraction of sp³-hybridized carbons (Fsp3) is 0.136. The number of nitrogens with one attached hydrogen (secondary N) is 1. The fourth-order valence-corrected chi connectivity index (χ4v) is 3.91. The summed E-state index contributed by atoms with van der Waals surface area (Å²) in [6.45, 7) is 5.93. The number of thiazole rings is 1. The molecule has 2 aromatic heterocycles. The number of fused-ring (bicyclic) bond motifs is 1. The van der Waals surface area contributed by atoms with Gasteiger partial charge in [0, 0.05) is 17.3 Å². The van der Waals surface area contributed by atoms with E-state index in [4.69, 9.17) is 0 Å². The zero-order chi connectivity index (χ0) is 19.8. The highest BCUT2D eigenvalue weighted by atomic mass is 32.1. The lowest BCUT2D eigenvalue weighted by atomic mass is 10.1. The van der Waals surface area contributed by atoms with E-state index in [2.05, 4.69) is 10.3 Å². The molecular formula is C22H19N3O2S. The molecule has 0 unspecified atom stereocenters. The molecule has 0 aliphatic rings. The van der Waals surface area contributed by atoms with Crippen LogP contribution < -0.4 is 10.9 Å². The summed E-state index contributed by atoms with van der Waals surface area (Å²) in [6, 6.07) is 13.6. The van der Waals surface area contributed by atoms with Crippen LogP contribution in [-0.2, 0) is 0 Å². The largest absolute Gasteiger partial charge is 0.322 e. The SMILES string of the molecule is Cc1ccc(-c2csc3ncc(C(=O)Nc4cccc(C)c4C)c(=O)n23)cc1. The molecule has 5 nitrogen and oxygen atoms in total. The molecule has 2 aromatic carbocycles. The average Bonchev–Trinajstić information content (AvgIpc) is 3.11. The van der Waals surface area contributed by atoms with E-state index in [1.807, 2.05) is 68.6 Å². The van der Waals surface area contributed by atoms with Gasteiger partial charge < -0.3 is 5.32 Å². The smallest absolute Gasteiger partial charge is 0.271 e. The zero-order valence-corrected chi connectivity index (χ0v) is 16.6. The molecule has 0 aliphatic carbocycles. The van der Waals surface area contributed by atoms with Crippen LogP contribution in [0.3, 0.4) is 0 Å². The standard InChI is InChI=1S/C22H19N3O2S/c1-13-7-9-16(10-8-13)19-12-28-22-23-11-17(21(27)25(19)22)20(26)24-18-6-4-5-14(2)15(18)3/h4-12H,1-3H3,(H,24,26). The van der Waals surface area contributed by atoms with Crippen LogP contribution in [0.4, 0.5) is 5.69 Å².